The molecule has 5 heteroatoms. The quantitative estimate of drug-likeness (QED) is 0.498. The highest BCUT2D eigenvalue weighted by atomic mass is 16.5. The van der Waals surface area contributed by atoms with Gasteiger partial charge in [-0.25, -0.2) is 0 Å². The lowest BCUT2D eigenvalue weighted by atomic mass is 10.1. The van der Waals surface area contributed by atoms with Crippen molar-refractivity contribution in [3.63, 3.8) is 0 Å². The van der Waals surface area contributed by atoms with Crippen molar-refractivity contribution in [1.82, 2.24) is 10.1 Å². The number of carbonyl (C=O) groups is 1. The monoisotopic (exact) mass is 358 g/mol. The predicted molar refractivity (Wildman–Crippen MR) is 101 cm³/mol. The van der Waals surface area contributed by atoms with Crippen LogP contribution in [-0.2, 0) is 13.1 Å². The molecule has 0 aliphatic carbocycles. The topological polar surface area (TPSA) is 59.5 Å². The first-order valence-corrected chi connectivity index (χ1v) is 8.67. The second kappa shape index (κ2) is 7.74. The molecular formula is C22H18N2O3. The molecule has 2 aromatic heterocycles. The maximum Gasteiger partial charge on any atom is 0.276 e. The Kier molecular flexibility index (Phi) is 4.83. The Morgan fingerprint density at radius 3 is 2.33 bits per heavy atom. The fourth-order valence-corrected chi connectivity index (χ4v) is 2.87. The molecule has 0 aliphatic rings. The van der Waals surface area contributed by atoms with Gasteiger partial charge in [0.2, 0.25) is 0 Å². The fraction of sp³-hybridized carbons (Fsp3) is 0.0909. The highest BCUT2D eigenvalue weighted by molar-refractivity contribution is 5.93. The molecule has 2 heterocycles. The van der Waals surface area contributed by atoms with Crippen LogP contribution in [0.1, 0.15) is 21.8 Å². The van der Waals surface area contributed by atoms with E-state index in [1.165, 1.54) is 0 Å². The third-order valence-electron chi connectivity index (χ3n) is 4.22. The molecule has 0 unspecified atom stereocenters. The Hall–Kier alpha value is -3.60. The lowest BCUT2D eigenvalue weighted by Crippen LogP contribution is -2.30. The Morgan fingerprint density at radius 2 is 1.63 bits per heavy atom. The Bertz CT molecular complexity index is 993. The molecule has 4 aromatic rings. The first-order valence-electron chi connectivity index (χ1n) is 8.67. The zero-order valence-corrected chi connectivity index (χ0v) is 14.6. The Labute approximate surface area is 156 Å². The highest BCUT2D eigenvalue weighted by Gasteiger charge is 2.22. The second-order valence-electron chi connectivity index (χ2n) is 6.17. The number of benzene rings is 2. The van der Waals surface area contributed by atoms with Crippen molar-refractivity contribution in [2.75, 3.05) is 0 Å². The summed E-state index contributed by atoms with van der Waals surface area (Å²) in [4.78, 5) is 14.8. The zero-order valence-electron chi connectivity index (χ0n) is 14.6. The molecular weight excluding hydrogens is 340 g/mol. The molecule has 0 aliphatic heterocycles. The third kappa shape index (κ3) is 3.98. The van der Waals surface area contributed by atoms with Crippen LogP contribution in [0, 0.1) is 0 Å². The molecule has 4 rings (SSSR count). The van der Waals surface area contributed by atoms with Gasteiger partial charge in [0.1, 0.15) is 5.76 Å². The van der Waals surface area contributed by atoms with Crippen molar-refractivity contribution in [3.05, 3.63) is 102 Å². The number of nitrogens with zero attached hydrogens (tertiary/aromatic N) is 2. The molecule has 2 aromatic carbocycles. The molecule has 0 radical (unpaired) electrons. The second-order valence-corrected chi connectivity index (χ2v) is 6.17. The first kappa shape index (κ1) is 16.8. The number of carbonyl (C=O) groups excluding carboxylic acids is 1. The summed E-state index contributed by atoms with van der Waals surface area (Å²) < 4.78 is 10.8. The van der Waals surface area contributed by atoms with E-state index in [2.05, 4.69) is 5.16 Å². The molecule has 134 valence electrons. The summed E-state index contributed by atoms with van der Waals surface area (Å²) in [5.41, 5.74) is 2.19. The Morgan fingerprint density at radius 1 is 0.889 bits per heavy atom. The van der Waals surface area contributed by atoms with Crippen LogP contribution in [0.4, 0.5) is 0 Å². The van der Waals surface area contributed by atoms with Crippen LogP contribution in [0.5, 0.6) is 0 Å². The van der Waals surface area contributed by atoms with Crippen molar-refractivity contribution in [1.29, 1.82) is 0 Å². The zero-order chi connectivity index (χ0) is 18.5. The number of amides is 1. The smallest absolute Gasteiger partial charge is 0.276 e. The summed E-state index contributed by atoms with van der Waals surface area (Å²) in [5.74, 6) is 1.07. The molecule has 0 saturated carbocycles. The van der Waals surface area contributed by atoms with E-state index in [0.717, 1.165) is 11.1 Å². The maximum absolute atomic E-state index is 13.1. The van der Waals surface area contributed by atoms with Gasteiger partial charge in [-0.1, -0.05) is 65.8 Å². The van der Waals surface area contributed by atoms with Gasteiger partial charge in [0.05, 0.1) is 12.8 Å². The fourth-order valence-electron chi connectivity index (χ4n) is 2.87. The molecule has 27 heavy (non-hydrogen) atoms. The van der Waals surface area contributed by atoms with Crippen LogP contribution in [-0.4, -0.2) is 16.0 Å². The first-order chi connectivity index (χ1) is 13.3. The van der Waals surface area contributed by atoms with Crippen LogP contribution in [0.3, 0.4) is 0 Å². The average molecular weight is 358 g/mol. The molecule has 5 nitrogen and oxygen atoms in total. The maximum atomic E-state index is 13.1. The minimum Gasteiger partial charge on any atom is -0.467 e. The highest BCUT2D eigenvalue weighted by Crippen LogP contribution is 2.21. The van der Waals surface area contributed by atoms with Crippen LogP contribution in [0.2, 0.25) is 0 Å². The molecule has 0 spiro atoms. The number of aromatic nitrogens is 1. The standard InChI is InChI=1S/C22H18N2O3/c25-22(20-14-21(27-23-20)18-10-5-2-6-11-18)24(16-19-12-7-13-26-19)15-17-8-3-1-4-9-17/h1-14H,15-16H2. The van der Waals surface area contributed by atoms with E-state index in [0.29, 0.717) is 24.6 Å². The summed E-state index contributed by atoms with van der Waals surface area (Å²) in [6, 6.07) is 24.8. The van der Waals surface area contributed by atoms with Crippen molar-refractivity contribution in [2.24, 2.45) is 0 Å². The summed E-state index contributed by atoms with van der Waals surface area (Å²) in [6.07, 6.45) is 1.60. The molecule has 0 saturated heterocycles. The van der Waals surface area contributed by atoms with E-state index in [1.54, 1.807) is 17.2 Å². The lowest BCUT2D eigenvalue weighted by molar-refractivity contribution is 0.0707. The van der Waals surface area contributed by atoms with E-state index in [4.69, 9.17) is 8.94 Å². The van der Waals surface area contributed by atoms with E-state index in [1.807, 2.05) is 72.8 Å². The summed E-state index contributed by atoms with van der Waals surface area (Å²) >= 11 is 0. The van der Waals surface area contributed by atoms with Gasteiger partial charge in [-0.3, -0.25) is 4.79 Å². The van der Waals surface area contributed by atoms with Gasteiger partial charge in [-0.05, 0) is 17.7 Å². The minimum absolute atomic E-state index is 0.207. The summed E-state index contributed by atoms with van der Waals surface area (Å²) in [7, 11) is 0. The van der Waals surface area contributed by atoms with Crippen molar-refractivity contribution in [2.45, 2.75) is 13.1 Å². The van der Waals surface area contributed by atoms with Gasteiger partial charge in [0.15, 0.2) is 11.5 Å². The van der Waals surface area contributed by atoms with Gasteiger partial charge in [-0.15, -0.1) is 0 Å². The van der Waals surface area contributed by atoms with Gasteiger partial charge in [0, 0.05) is 18.2 Å². The van der Waals surface area contributed by atoms with Crippen molar-refractivity contribution in [3.8, 4) is 11.3 Å². The van der Waals surface area contributed by atoms with E-state index in [-0.39, 0.29) is 11.6 Å². The lowest BCUT2D eigenvalue weighted by Gasteiger charge is -2.20. The van der Waals surface area contributed by atoms with Crippen molar-refractivity contribution < 1.29 is 13.7 Å². The van der Waals surface area contributed by atoms with Crippen LogP contribution >= 0.6 is 0 Å². The van der Waals surface area contributed by atoms with E-state index >= 15 is 0 Å². The van der Waals surface area contributed by atoms with Crippen LogP contribution in [0.15, 0.2) is 94.1 Å². The normalized spacial score (nSPS) is 10.7. The molecule has 0 fully saturated rings. The molecule has 0 bridgehead atoms. The van der Waals surface area contributed by atoms with Gasteiger partial charge in [-0.2, -0.15) is 0 Å². The van der Waals surface area contributed by atoms with Gasteiger partial charge in [0.25, 0.3) is 5.91 Å². The largest absolute Gasteiger partial charge is 0.467 e. The predicted octanol–water partition coefficient (Wildman–Crippen LogP) is 4.78. The Balaban J connectivity index is 1.59. The molecule has 1 amide bonds. The summed E-state index contributed by atoms with van der Waals surface area (Å²) in [5, 5.41) is 3.99. The number of rotatable bonds is 6. The summed E-state index contributed by atoms with van der Waals surface area (Å²) in [6.45, 7) is 0.808. The van der Waals surface area contributed by atoms with Gasteiger partial charge < -0.3 is 13.8 Å². The van der Waals surface area contributed by atoms with E-state index < -0.39 is 0 Å². The number of furan rings is 1. The molecule has 0 N–H and O–H groups in total. The van der Waals surface area contributed by atoms with Crippen molar-refractivity contribution >= 4 is 5.91 Å². The molecule has 0 atom stereocenters. The van der Waals surface area contributed by atoms with Crippen LogP contribution < -0.4 is 0 Å². The SMILES string of the molecule is O=C(c1cc(-c2ccccc2)on1)N(Cc1ccccc1)Cc1ccco1. The van der Waals surface area contributed by atoms with Gasteiger partial charge >= 0.3 is 0 Å². The van der Waals surface area contributed by atoms with E-state index in [9.17, 15) is 4.79 Å². The average Bonchev–Trinajstić information content (AvgIpc) is 3.41. The number of hydrogen-bond donors (Lipinski definition) is 0. The minimum atomic E-state index is -0.207. The van der Waals surface area contributed by atoms with Crippen LogP contribution in [0.25, 0.3) is 11.3 Å². The third-order valence-corrected chi connectivity index (χ3v) is 4.22. The number of hydrogen-bond acceptors (Lipinski definition) is 4.